The highest BCUT2D eigenvalue weighted by Gasteiger charge is 2.26. The highest BCUT2D eigenvalue weighted by atomic mass is 16.5. The summed E-state index contributed by atoms with van der Waals surface area (Å²) in [6.45, 7) is 4.57. The van der Waals surface area contributed by atoms with Crippen molar-refractivity contribution in [1.29, 1.82) is 0 Å². The van der Waals surface area contributed by atoms with E-state index in [2.05, 4.69) is 35.0 Å². The number of nitrogens with one attached hydrogen (secondary N) is 1. The van der Waals surface area contributed by atoms with Gasteiger partial charge in [0.15, 0.2) is 0 Å². The van der Waals surface area contributed by atoms with Gasteiger partial charge in [0.05, 0.1) is 17.8 Å². The molecule has 1 saturated heterocycles. The molecule has 8 nitrogen and oxygen atoms in total. The Balaban J connectivity index is 1.16. The summed E-state index contributed by atoms with van der Waals surface area (Å²) in [5.74, 6) is 0.951. The van der Waals surface area contributed by atoms with E-state index < -0.39 is 0 Å². The van der Waals surface area contributed by atoms with E-state index >= 15 is 0 Å². The average Bonchev–Trinajstić information content (AvgIpc) is 3.44. The van der Waals surface area contributed by atoms with Crippen molar-refractivity contribution in [1.82, 2.24) is 24.3 Å². The van der Waals surface area contributed by atoms with Gasteiger partial charge in [0.2, 0.25) is 5.91 Å². The van der Waals surface area contributed by atoms with Gasteiger partial charge in [0.25, 0.3) is 5.56 Å². The topological polar surface area (TPSA) is 83.5 Å². The fourth-order valence-corrected chi connectivity index (χ4v) is 5.32. The number of H-pyrrole nitrogens is 1. The fraction of sp³-hybridized carbons (Fsp3) is 0.258. The minimum Gasteiger partial charge on any atom is -0.492 e. The molecule has 0 spiro atoms. The zero-order valence-electron chi connectivity index (χ0n) is 22.3. The smallest absolute Gasteiger partial charge is 0.274 e. The molecule has 0 aliphatic carbocycles. The standard InChI is InChI=1S/C31H31N5O3/c1-20-17-34(2)29(37)19-36(20)14-15-39-24-8-4-21(5-9-24)27-11-7-23-16-22(6-10-28(23)33-27)26-18-35(3)31(38)30-25(26)12-13-32-30/h4-13,16,18,20,32H,14-15,17,19H2,1-3H3/t20-/m1/s1. The quantitative estimate of drug-likeness (QED) is 0.361. The summed E-state index contributed by atoms with van der Waals surface area (Å²) in [6, 6.07) is 20.5. The van der Waals surface area contributed by atoms with Gasteiger partial charge < -0.3 is 19.2 Å². The second-order valence-electron chi connectivity index (χ2n) is 10.3. The van der Waals surface area contributed by atoms with Crippen molar-refractivity contribution < 1.29 is 9.53 Å². The van der Waals surface area contributed by atoms with E-state index in [-0.39, 0.29) is 11.5 Å². The number of benzene rings is 2. The summed E-state index contributed by atoms with van der Waals surface area (Å²) >= 11 is 0. The summed E-state index contributed by atoms with van der Waals surface area (Å²) in [7, 11) is 3.62. The molecule has 198 valence electrons. The van der Waals surface area contributed by atoms with Crippen LogP contribution in [0.5, 0.6) is 5.75 Å². The number of aromatic nitrogens is 3. The van der Waals surface area contributed by atoms with Crippen LogP contribution in [0.3, 0.4) is 0 Å². The molecule has 1 aliphatic heterocycles. The largest absolute Gasteiger partial charge is 0.492 e. The van der Waals surface area contributed by atoms with Gasteiger partial charge >= 0.3 is 0 Å². The molecule has 1 aliphatic rings. The number of aryl methyl sites for hydroxylation is 1. The number of likely N-dealkylation sites (N-methyl/N-ethyl adjacent to an activating group) is 1. The third-order valence-electron chi connectivity index (χ3n) is 7.62. The van der Waals surface area contributed by atoms with E-state index in [1.54, 1.807) is 22.7 Å². The lowest BCUT2D eigenvalue weighted by molar-refractivity contribution is -0.136. The third kappa shape index (κ3) is 4.79. The summed E-state index contributed by atoms with van der Waals surface area (Å²) in [5, 5.41) is 1.95. The maximum absolute atomic E-state index is 12.4. The molecular formula is C31H31N5O3. The van der Waals surface area contributed by atoms with Gasteiger partial charge in [-0.25, -0.2) is 4.98 Å². The van der Waals surface area contributed by atoms with Crippen LogP contribution in [-0.4, -0.2) is 69.6 Å². The maximum Gasteiger partial charge on any atom is 0.274 e. The Morgan fingerprint density at radius 3 is 2.62 bits per heavy atom. The zero-order valence-corrected chi connectivity index (χ0v) is 22.3. The lowest BCUT2D eigenvalue weighted by Gasteiger charge is -2.37. The first kappa shape index (κ1) is 24.9. The van der Waals surface area contributed by atoms with Crippen molar-refractivity contribution in [2.45, 2.75) is 13.0 Å². The number of rotatable bonds is 6. The predicted molar refractivity (Wildman–Crippen MR) is 154 cm³/mol. The number of nitrogens with zero attached hydrogens (tertiary/aromatic N) is 4. The molecule has 1 amide bonds. The lowest BCUT2D eigenvalue weighted by Crippen LogP contribution is -2.54. The van der Waals surface area contributed by atoms with Crippen molar-refractivity contribution in [3.63, 3.8) is 0 Å². The van der Waals surface area contributed by atoms with Crippen molar-refractivity contribution in [2.24, 2.45) is 7.05 Å². The molecule has 2 aromatic carbocycles. The number of carbonyl (C=O) groups excluding carboxylic acids is 1. The molecule has 6 rings (SSSR count). The second-order valence-corrected chi connectivity index (χ2v) is 10.3. The number of aromatic amines is 1. The summed E-state index contributed by atoms with van der Waals surface area (Å²) in [4.78, 5) is 36.3. The highest BCUT2D eigenvalue weighted by molar-refractivity contribution is 5.97. The first-order valence-electron chi connectivity index (χ1n) is 13.2. The lowest BCUT2D eigenvalue weighted by atomic mass is 10.0. The highest BCUT2D eigenvalue weighted by Crippen LogP contribution is 2.30. The molecular weight excluding hydrogens is 490 g/mol. The fourth-order valence-electron chi connectivity index (χ4n) is 5.32. The van der Waals surface area contributed by atoms with Crippen LogP contribution in [0.1, 0.15) is 6.92 Å². The number of hydrogen-bond acceptors (Lipinski definition) is 5. The zero-order chi connectivity index (χ0) is 27.1. The Bertz CT molecular complexity index is 1740. The van der Waals surface area contributed by atoms with Crippen LogP contribution in [0.2, 0.25) is 0 Å². The van der Waals surface area contributed by atoms with Crippen LogP contribution in [-0.2, 0) is 11.8 Å². The molecule has 4 heterocycles. The van der Waals surface area contributed by atoms with Gasteiger partial charge in [-0.2, -0.15) is 0 Å². The average molecular weight is 522 g/mol. The summed E-state index contributed by atoms with van der Waals surface area (Å²) in [5.41, 5.74) is 5.42. The van der Waals surface area contributed by atoms with Crippen molar-refractivity contribution >= 4 is 27.7 Å². The number of fused-ring (bicyclic) bond motifs is 2. The van der Waals surface area contributed by atoms with Crippen LogP contribution in [0.15, 0.2) is 77.9 Å². The number of pyridine rings is 2. The molecule has 5 aromatic rings. The Morgan fingerprint density at radius 1 is 1.00 bits per heavy atom. The molecule has 1 N–H and O–H groups in total. The summed E-state index contributed by atoms with van der Waals surface area (Å²) in [6.07, 6.45) is 3.69. The minimum absolute atomic E-state index is 0.0385. The SMILES string of the molecule is C[C@@H]1CN(C)C(=O)CN1CCOc1ccc(-c2ccc3cc(-c4cn(C)c(=O)c5[nH]ccc45)ccc3n2)cc1. The number of amides is 1. The normalized spacial score (nSPS) is 16.3. The van der Waals surface area contributed by atoms with Crippen molar-refractivity contribution in [3.05, 3.63) is 83.4 Å². The Labute approximate surface area is 226 Å². The number of piperazine rings is 1. The van der Waals surface area contributed by atoms with Crippen LogP contribution in [0.25, 0.3) is 44.2 Å². The second kappa shape index (κ2) is 10.0. The molecule has 1 fully saturated rings. The van der Waals surface area contributed by atoms with Gasteiger partial charge in [-0.1, -0.05) is 12.1 Å². The third-order valence-corrected chi connectivity index (χ3v) is 7.62. The Morgan fingerprint density at radius 2 is 1.79 bits per heavy atom. The first-order valence-corrected chi connectivity index (χ1v) is 13.2. The number of ether oxygens (including phenoxy) is 1. The first-order chi connectivity index (χ1) is 18.9. The minimum atomic E-state index is -0.0385. The van der Waals surface area contributed by atoms with Crippen LogP contribution in [0.4, 0.5) is 0 Å². The van der Waals surface area contributed by atoms with Crippen molar-refractivity contribution in [3.8, 4) is 28.1 Å². The van der Waals surface area contributed by atoms with E-state index in [0.717, 1.165) is 51.0 Å². The van der Waals surface area contributed by atoms with Gasteiger partial charge in [-0.15, -0.1) is 0 Å². The Hall–Kier alpha value is -4.43. The monoisotopic (exact) mass is 521 g/mol. The molecule has 8 heteroatoms. The predicted octanol–water partition coefficient (Wildman–Crippen LogP) is 4.29. The van der Waals surface area contributed by atoms with Gasteiger partial charge in [-0.3, -0.25) is 14.5 Å². The molecule has 1 atom stereocenters. The van der Waals surface area contributed by atoms with Crippen LogP contribution < -0.4 is 10.3 Å². The van der Waals surface area contributed by atoms with Crippen molar-refractivity contribution in [2.75, 3.05) is 33.3 Å². The molecule has 0 bridgehead atoms. The van der Waals surface area contributed by atoms with E-state index in [9.17, 15) is 9.59 Å². The van der Waals surface area contributed by atoms with Crippen LogP contribution >= 0.6 is 0 Å². The molecule has 0 unspecified atom stereocenters. The van der Waals surface area contributed by atoms with E-state index in [1.165, 1.54) is 0 Å². The van der Waals surface area contributed by atoms with E-state index in [4.69, 9.17) is 9.72 Å². The maximum atomic E-state index is 12.4. The van der Waals surface area contributed by atoms with E-state index in [1.807, 2.05) is 55.7 Å². The Kier molecular flexibility index (Phi) is 6.40. The van der Waals surface area contributed by atoms with Gasteiger partial charge in [-0.05, 0) is 61.0 Å². The molecule has 0 radical (unpaired) electrons. The van der Waals surface area contributed by atoms with E-state index in [0.29, 0.717) is 31.3 Å². The number of carbonyl (C=O) groups is 1. The van der Waals surface area contributed by atoms with Gasteiger partial charge in [0, 0.05) is 67.5 Å². The molecule has 39 heavy (non-hydrogen) atoms. The van der Waals surface area contributed by atoms with Crippen LogP contribution in [0, 0.1) is 0 Å². The molecule has 0 saturated carbocycles. The summed E-state index contributed by atoms with van der Waals surface area (Å²) < 4.78 is 7.58. The van der Waals surface area contributed by atoms with Gasteiger partial charge in [0.1, 0.15) is 17.9 Å². The number of hydrogen-bond donors (Lipinski definition) is 1. The molecule has 3 aromatic heterocycles.